The number of fused-ring (bicyclic) bond motifs is 1. The van der Waals surface area contributed by atoms with Crippen molar-refractivity contribution in [1.29, 1.82) is 0 Å². The molecule has 100 valence electrons. The highest BCUT2D eigenvalue weighted by molar-refractivity contribution is 7.16. The Bertz CT molecular complexity index is 803. The molecule has 0 amide bonds. The van der Waals surface area contributed by atoms with Crippen LogP contribution < -0.4 is 5.32 Å². The molecule has 0 fully saturated rings. The molecule has 0 radical (unpaired) electrons. The Labute approximate surface area is 122 Å². The van der Waals surface area contributed by atoms with Gasteiger partial charge in [0.15, 0.2) is 0 Å². The number of rotatable bonds is 3. The van der Waals surface area contributed by atoms with Gasteiger partial charge in [0.25, 0.3) is 0 Å². The molecule has 0 saturated heterocycles. The van der Waals surface area contributed by atoms with Crippen LogP contribution in [0, 0.1) is 0 Å². The maximum atomic E-state index is 10.9. The summed E-state index contributed by atoms with van der Waals surface area (Å²) in [7, 11) is 0. The number of nitrogens with one attached hydrogen (secondary N) is 1. The summed E-state index contributed by atoms with van der Waals surface area (Å²) in [6.07, 6.45) is 1.48. The van der Waals surface area contributed by atoms with Gasteiger partial charge in [-0.3, -0.25) is 0 Å². The van der Waals surface area contributed by atoms with E-state index < -0.39 is 5.97 Å². The molecule has 0 aliphatic heterocycles. The molecular formula is C13H8ClN3O2S. The van der Waals surface area contributed by atoms with Gasteiger partial charge in [-0.2, -0.15) is 0 Å². The van der Waals surface area contributed by atoms with Crippen LogP contribution in [0.1, 0.15) is 10.4 Å². The van der Waals surface area contributed by atoms with Gasteiger partial charge in [-0.1, -0.05) is 11.6 Å². The van der Waals surface area contributed by atoms with Gasteiger partial charge in [0.2, 0.25) is 0 Å². The van der Waals surface area contributed by atoms with E-state index in [1.807, 2.05) is 11.4 Å². The fourth-order valence-corrected chi connectivity index (χ4v) is 2.79. The van der Waals surface area contributed by atoms with Gasteiger partial charge in [0.1, 0.15) is 17.0 Å². The zero-order valence-corrected chi connectivity index (χ0v) is 11.6. The number of nitrogens with zero attached hydrogens (tertiary/aromatic N) is 2. The van der Waals surface area contributed by atoms with Gasteiger partial charge in [-0.25, -0.2) is 14.8 Å². The lowest BCUT2D eigenvalue weighted by molar-refractivity contribution is 0.0697. The molecule has 20 heavy (non-hydrogen) atoms. The van der Waals surface area contributed by atoms with Crippen molar-refractivity contribution in [3.8, 4) is 0 Å². The minimum Gasteiger partial charge on any atom is -0.478 e. The van der Waals surface area contributed by atoms with Crippen LogP contribution in [0.5, 0.6) is 0 Å². The first-order valence-corrected chi connectivity index (χ1v) is 6.89. The molecule has 0 saturated carbocycles. The predicted molar refractivity (Wildman–Crippen MR) is 79.1 cm³/mol. The third kappa shape index (κ3) is 2.31. The molecule has 2 heterocycles. The Hall–Kier alpha value is -2.18. The molecule has 0 bridgehead atoms. The summed E-state index contributed by atoms with van der Waals surface area (Å²) in [6.45, 7) is 0. The average molecular weight is 306 g/mol. The van der Waals surface area contributed by atoms with Gasteiger partial charge < -0.3 is 10.4 Å². The number of carbonyl (C=O) groups is 1. The first-order valence-electron chi connectivity index (χ1n) is 5.63. The van der Waals surface area contributed by atoms with Crippen LogP contribution in [0.4, 0.5) is 11.5 Å². The van der Waals surface area contributed by atoms with Crippen LogP contribution in [0.25, 0.3) is 10.2 Å². The van der Waals surface area contributed by atoms with Gasteiger partial charge in [0, 0.05) is 5.69 Å². The van der Waals surface area contributed by atoms with Crippen LogP contribution >= 0.6 is 22.9 Å². The van der Waals surface area contributed by atoms with Crippen LogP contribution in [-0.2, 0) is 0 Å². The molecule has 3 aromatic rings. The van der Waals surface area contributed by atoms with Crippen molar-refractivity contribution >= 4 is 50.6 Å². The maximum Gasteiger partial charge on any atom is 0.337 e. The lowest BCUT2D eigenvalue weighted by atomic mass is 10.2. The molecule has 2 N–H and O–H groups in total. The van der Waals surface area contributed by atoms with Crippen molar-refractivity contribution in [2.24, 2.45) is 0 Å². The molecule has 5 nitrogen and oxygen atoms in total. The number of aromatic nitrogens is 2. The third-order valence-electron chi connectivity index (χ3n) is 2.72. The second kappa shape index (κ2) is 5.07. The van der Waals surface area contributed by atoms with E-state index in [1.54, 1.807) is 12.1 Å². The number of thiophene rings is 1. The Morgan fingerprint density at radius 3 is 2.90 bits per heavy atom. The summed E-state index contributed by atoms with van der Waals surface area (Å²) in [4.78, 5) is 20.1. The number of anilines is 2. The number of carboxylic acids is 1. The monoisotopic (exact) mass is 305 g/mol. The smallest absolute Gasteiger partial charge is 0.337 e. The Morgan fingerprint density at radius 1 is 1.30 bits per heavy atom. The number of hydrogen-bond donors (Lipinski definition) is 2. The lowest BCUT2D eigenvalue weighted by Crippen LogP contribution is -1.99. The normalized spacial score (nSPS) is 10.7. The van der Waals surface area contributed by atoms with E-state index in [0.29, 0.717) is 11.5 Å². The minimum atomic E-state index is -1.05. The molecule has 0 unspecified atom stereocenters. The van der Waals surface area contributed by atoms with E-state index in [2.05, 4.69) is 15.3 Å². The molecule has 0 atom stereocenters. The molecule has 0 spiro atoms. The highest BCUT2D eigenvalue weighted by atomic mass is 35.5. The first-order chi connectivity index (χ1) is 9.65. The summed E-state index contributed by atoms with van der Waals surface area (Å²) >= 11 is 7.46. The summed E-state index contributed by atoms with van der Waals surface area (Å²) < 4.78 is 0. The summed E-state index contributed by atoms with van der Waals surface area (Å²) in [5.41, 5.74) is 0.742. The van der Waals surface area contributed by atoms with E-state index in [1.165, 1.54) is 23.7 Å². The summed E-state index contributed by atoms with van der Waals surface area (Å²) in [6, 6.07) is 6.59. The van der Waals surface area contributed by atoms with E-state index in [4.69, 9.17) is 16.7 Å². The first kappa shape index (κ1) is 12.8. The number of aromatic carboxylic acids is 1. The van der Waals surface area contributed by atoms with E-state index in [9.17, 15) is 4.79 Å². The predicted octanol–water partition coefficient (Wildman–Crippen LogP) is 3.79. The molecule has 3 rings (SSSR count). The van der Waals surface area contributed by atoms with Gasteiger partial charge >= 0.3 is 5.97 Å². The summed E-state index contributed by atoms with van der Waals surface area (Å²) in [5.74, 6) is -0.390. The fraction of sp³-hybridized carbons (Fsp3) is 0. The van der Waals surface area contributed by atoms with Crippen molar-refractivity contribution in [3.05, 3.63) is 46.6 Å². The van der Waals surface area contributed by atoms with E-state index >= 15 is 0 Å². The average Bonchev–Trinajstić information content (AvgIpc) is 2.87. The van der Waals surface area contributed by atoms with E-state index in [-0.39, 0.29) is 10.6 Å². The number of carboxylic acid groups (broad SMARTS) is 1. The third-order valence-corrected chi connectivity index (χ3v) is 3.86. The largest absolute Gasteiger partial charge is 0.478 e. The molecule has 0 aliphatic carbocycles. The molecule has 2 aromatic heterocycles. The molecule has 7 heteroatoms. The quantitative estimate of drug-likeness (QED) is 0.770. The van der Waals surface area contributed by atoms with Crippen LogP contribution in [0.3, 0.4) is 0 Å². The van der Waals surface area contributed by atoms with Crippen LogP contribution in [0.2, 0.25) is 5.02 Å². The van der Waals surface area contributed by atoms with Crippen molar-refractivity contribution in [2.45, 2.75) is 0 Å². The zero-order valence-electron chi connectivity index (χ0n) is 10.0. The minimum absolute atomic E-state index is 0.0700. The second-order valence-corrected chi connectivity index (χ2v) is 5.29. The topological polar surface area (TPSA) is 75.1 Å². The Kier molecular flexibility index (Phi) is 3.25. The van der Waals surface area contributed by atoms with Crippen LogP contribution in [-0.4, -0.2) is 21.0 Å². The Morgan fingerprint density at radius 2 is 2.15 bits per heavy atom. The van der Waals surface area contributed by atoms with Gasteiger partial charge in [-0.15, -0.1) is 11.3 Å². The fourth-order valence-electron chi connectivity index (χ4n) is 1.79. The number of halogens is 1. The SMILES string of the molecule is O=C(O)c1ccc(Nc2ncnc3sccc23)cc1Cl. The maximum absolute atomic E-state index is 10.9. The molecular weight excluding hydrogens is 298 g/mol. The highest BCUT2D eigenvalue weighted by Crippen LogP contribution is 2.28. The van der Waals surface area contributed by atoms with Crippen molar-refractivity contribution in [1.82, 2.24) is 9.97 Å². The van der Waals surface area contributed by atoms with Crippen molar-refractivity contribution < 1.29 is 9.90 Å². The Balaban J connectivity index is 1.97. The zero-order chi connectivity index (χ0) is 14.1. The van der Waals surface area contributed by atoms with Crippen molar-refractivity contribution in [2.75, 3.05) is 5.32 Å². The van der Waals surface area contributed by atoms with E-state index in [0.717, 1.165) is 10.2 Å². The van der Waals surface area contributed by atoms with Gasteiger partial charge in [0.05, 0.1) is 16.0 Å². The number of benzene rings is 1. The highest BCUT2D eigenvalue weighted by Gasteiger charge is 2.10. The lowest BCUT2D eigenvalue weighted by Gasteiger charge is -2.08. The summed E-state index contributed by atoms with van der Waals surface area (Å²) in [5, 5.41) is 15.1. The standard InChI is InChI=1S/C13H8ClN3O2S/c14-10-5-7(1-2-8(10)13(18)19)17-11-9-3-4-20-12(9)16-6-15-11/h1-6H,(H,18,19)(H,15,16,17). The number of hydrogen-bond acceptors (Lipinski definition) is 5. The second-order valence-electron chi connectivity index (χ2n) is 3.99. The molecule has 0 aliphatic rings. The van der Waals surface area contributed by atoms with Gasteiger partial charge in [-0.05, 0) is 29.6 Å². The molecule has 1 aromatic carbocycles. The van der Waals surface area contributed by atoms with Crippen LogP contribution in [0.15, 0.2) is 36.0 Å². The van der Waals surface area contributed by atoms with Crippen molar-refractivity contribution in [3.63, 3.8) is 0 Å².